The van der Waals surface area contributed by atoms with Gasteiger partial charge in [-0.2, -0.15) is 0 Å². The Kier molecular flexibility index (Phi) is 3.34. The van der Waals surface area contributed by atoms with Crippen LogP contribution < -0.4 is 15.4 Å². The fraction of sp³-hybridized carbons (Fsp3) is 0.538. The van der Waals surface area contributed by atoms with Gasteiger partial charge in [0, 0.05) is 24.3 Å². The number of nitrogens with one attached hydrogen (secondary N) is 2. The van der Waals surface area contributed by atoms with E-state index >= 15 is 0 Å². The first-order valence-corrected chi connectivity index (χ1v) is 5.88. The van der Waals surface area contributed by atoms with Crippen LogP contribution in [0.1, 0.15) is 31.9 Å². The lowest BCUT2D eigenvalue weighted by molar-refractivity contribution is 0.409. The molecule has 1 aliphatic heterocycles. The molecule has 2 N–H and O–H groups in total. The Labute approximate surface area is 97.2 Å². The van der Waals surface area contributed by atoms with E-state index in [-0.39, 0.29) is 0 Å². The number of anilines is 1. The van der Waals surface area contributed by atoms with Crippen LogP contribution in [0.4, 0.5) is 5.69 Å². The van der Waals surface area contributed by atoms with E-state index in [9.17, 15) is 0 Å². The molecule has 0 spiro atoms. The average Bonchev–Trinajstić information content (AvgIpc) is 2.28. The van der Waals surface area contributed by atoms with Crippen LogP contribution >= 0.6 is 0 Å². The van der Waals surface area contributed by atoms with Crippen molar-refractivity contribution >= 4 is 5.69 Å². The first-order valence-electron chi connectivity index (χ1n) is 5.88. The third-order valence-corrected chi connectivity index (χ3v) is 2.92. The Morgan fingerprint density at radius 2 is 2.25 bits per heavy atom. The fourth-order valence-corrected chi connectivity index (χ4v) is 2.20. The van der Waals surface area contributed by atoms with Crippen LogP contribution in [0.3, 0.4) is 0 Å². The first kappa shape index (κ1) is 11.3. The average molecular weight is 220 g/mol. The predicted octanol–water partition coefficient (Wildman–Crippen LogP) is 2.55. The van der Waals surface area contributed by atoms with Crippen molar-refractivity contribution in [2.45, 2.75) is 32.4 Å². The lowest BCUT2D eigenvalue weighted by Crippen LogP contribution is -2.32. The van der Waals surface area contributed by atoms with Crippen LogP contribution in [0.25, 0.3) is 0 Å². The van der Waals surface area contributed by atoms with Crippen LogP contribution in [-0.4, -0.2) is 19.7 Å². The maximum Gasteiger partial charge on any atom is 0.119 e. The van der Waals surface area contributed by atoms with Gasteiger partial charge in [-0.1, -0.05) is 13.8 Å². The maximum atomic E-state index is 5.28. The molecule has 88 valence electrons. The quantitative estimate of drug-likeness (QED) is 0.821. The van der Waals surface area contributed by atoms with Crippen molar-refractivity contribution in [1.82, 2.24) is 5.32 Å². The summed E-state index contributed by atoms with van der Waals surface area (Å²) in [6, 6.07) is 7.17. The summed E-state index contributed by atoms with van der Waals surface area (Å²) in [4.78, 5) is 0. The summed E-state index contributed by atoms with van der Waals surface area (Å²) in [5.74, 6) is 0.929. The summed E-state index contributed by atoms with van der Waals surface area (Å²) in [5, 5.41) is 7.02. The standard InChI is InChI=1S/C13H20N2O/c1-9(2)15-13-6-7-14-12-5-4-10(16-3)8-11(12)13/h4-5,8-9,13-15H,6-7H2,1-3H3. The number of ether oxygens (including phenoxy) is 1. The summed E-state index contributed by atoms with van der Waals surface area (Å²) in [5.41, 5.74) is 2.55. The van der Waals surface area contributed by atoms with Crippen LogP contribution in [-0.2, 0) is 0 Å². The highest BCUT2D eigenvalue weighted by Crippen LogP contribution is 2.32. The monoisotopic (exact) mass is 220 g/mol. The van der Waals surface area contributed by atoms with E-state index in [1.54, 1.807) is 7.11 Å². The predicted molar refractivity (Wildman–Crippen MR) is 67.1 cm³/mol. The van der Waals surface area contributed by atoms with E-state index in [0.717, 1.165) is 18.7 Å². The molecular formula is C13H20N2O. The number of methoxy groups -OCH3 is 1. The molecule has 0 radical (unpaired) electrons. The van der Waals surface area contributed by atoms with E-state index in [0.29, 0.717) is 12.1 Å². The molecule has 3 nitrogen and oxygen atoms in total. The van der Waals surface area contributed by atoms with Gasteiger partial charge < -0.3 is 15.4 Å². The van der Waals surface area contributed by atoms with Crippen LogP contribution in [0, 0.1) is 0 Å². The van der Waals surface area contributed by atoms with E-state index in [1.165, 1.54) is 11.3 Å². The van der Waals surface area contributed by atoms with Crippen molar-refractivity contribution in [3.05, 3.63) is 23.8 Å². The summed E-state index contributed by atoms with van der Waals surface area (Å²) in [7, 11) is 1.71. The highest BCUT2D eigenvalue weighted by atomic mass is 16.5. The molecule has 1 heterocycles. The van der Waals surface area contributed by atoms with Crippen molar-refractivity contribution in [3.63, 3.8) is 0 Å². The molecule has 1 aliphatic rings. The van der Waals surface area contributed by atoms with E-state index in [2.05, 4.69) is 36.6 Å². The SMILES string of the molecule is COc1ccc2c(c1)C(NC(C)C)CCN2. The molecule has 0 aromatic heterocycles. The van der Waals surface area contributed by atoms with Crippen molar-refractivity contribution in [2.75, 3.05) is 19.0 Å². The lowest BCUT2D eigenvalue weighted by Gasteiger charge is -2.29. The van der Waals surface area contributed by atoms with Crippen molar-refractivity contribution in [3.8, 4) is 5.75 Å². The van der Waals surface area contributed by atoms with E-state index in [4.69, 9.17) is 4.74 Å². The third kappa shape index (κ3) is 2.30. The molecule has 3 heteroatoms. The molecule has 0 fully saturated rings. The van der Waals surface area contributed by atoms with Gasteiger partial charge in [0.05, 0.1) is 7.11 Å². The third-order valence-electron chi connectivity index (χ3n) is 2.92. The zero-order valence-electron chi connectivity index (χ0n) is 10.2. The zero-order valence-corrected chi connectivity index (χ0v) is 10.2. The van der Waals surface area contributed by atoms with E-state index in [1.807, 2.05) is 6.07 Å². The van der Waals surface area contributed by atoms with Crippen LogP contribution in [0.5, 0.6) is 5.75 Å². The fourth-order valence-electron chi connectivity index (χ4n) is 2.20. The first-order chi connectivity index (χ1) is 7.70. The molecule has 1 aromatic rings. The minimum atomic E-state index is 0.436. The van der Waals surface area contributed by atoms with Gasteiger partial charge >= 0.3 is 0 Å². The molecule has 0 bridgehead atoms. The minimum Gasteiger partial charge on any atom is -0.497 e. The summed E-state index contributed by atoms with van der Waals surface area (Å²) in [6.07, 6.45) is 1.12. The summed E-state index contributed by atoms with van der Waals surface area (Å²) < 4.78 is 5.28. The Morgan fingerprint density at radius 3 is 2.94 bits per heavy atom. The van der Waals surface area contributed by atoms with E-state index < -0.39 is 0 Å². The van der Waals surface area contributed by atoms with Crippen LogP contribution in [0.2, 0.25) is 0 Å². The molecule has 0 saturated carbocycles. The normalized spacial score (nSPS) is 19.1. The van der Waals surface area contributed by atoms with Gasteiger partial charge in [0.25, 0.3) is 0 Å². The second kappa shape index (κ2) is 4.74. The molecule has 2 rings (SSSR count). The second-order valence-electron chi connectivity index (χ2n) is 4.54. The van der Waals surface area contributed by atoms with Gasteiger partial charge in [-0.15, -0.1) is 0 Å². The van der Waals surface area contributed by atoms with Crippen molar-refractivity contribution < 1.29 is 4.74 Å². The topological polar surface area (TPSA) is 33.3 Å². The highest BCUT2D eigenvalue weighted by molar-refractivity contribution is 5.57. The van der Waals surface area contributed by atoms with Crippen molar-refractivity contribution in [2.24, 2.45) is 0 Å². The molecule has 1 atom stereocenters. The van der Waals surface area contributed by atoms with Crippen LogP contribution in [0.15, 0.2) is 18.2 Å². The van der Waals surface area contributed by atoms with Gasteiger partial charge in [0.1, 0.15) is 5.75 Å². The molecule has 16 heavy (non-hydrogen) atoms. The number of hydrogen-bond donors (Lipinski definition) is 2. The molecule has 0 amide bonds. The molecule has 0 aliphatic carbocycles. The maximum absolute atomic E-state index is 5.28. The number of rotatable bonds is 3. The summed E-state index contributed by atoms with van der Waals surface area (Å²) in [6.45, 7) is 5.40. The second-order valence-corrected chi connectivity index (χ2v) is 4.54. The van der Waals surface area contributed by atoms with Crippen molar-refractivity contribution in [1.29, 1.82) is 0 Å². The van der Waals surface area contributed by atoms with Gasteiger partial charge in [-0.25, -0.2) is 0 Å². The Morgan fingerprint density at radius 1 is 1.44 bits per heavy atom. The number of benzene rings is 1. The Hall–Kier alpha value is -1.22. The highest BCUT2D eigenvalue weighted by Gasteiger charge is 2.20. The van der Waals surface area contributed by atoms with Gasteiger partial charge in [0.2, 0.25) is 0 Å². The minimum absolute atomic E-state index is 0.436. The Bertz CT molecular complexity index is 363. The molecule has 1 unspecified atom stereocenters. The van der Waals surface area contributed by atoms with Gasteiger partial charge in [-0.3, -0.25) is 0 Å². The smallest absolute Gasteiger partial charge is 0.119 e. The Balaban J connectivity index is 2.28. The number of fused-ring (bicyclic) bond motifs is 1. The lowest BCUT2D eigenvalue weighted by atomic mass is 9.97. The molecular weight excluding hydrogens is 200 g/mol. The zero-order chi connectivity index (χ0) is 11.5. The van der Waals surface area contributed by atoms with Gasteiger partial charge in [-0.05, 0) is 30.2 Å². The van der Waals surface area contributed by atoms with Gasteiger partial charge in [0.15, 0.2) is 0 Å². The molecule has 0 saturated heterocycles. The molecule has 1 aromatic carbocycles. The summed E-state index contributed by atoms with van der Waals surface area (Å²) >= 11 is 0. The largest absolute Gasteiger partial charge is 0.497 e. The number of hydrogen-bond acceptors (Lipinski definition) is 3.